The number of alkyl halides is 1. The molecular formula is C16H13ClFN3O4. The summed E-state index contributed by atoms with van der Waals surface area (Å²) in [6, 6.07) is 7.91. The Morgan fingerprint density at radius 3 is 2.52 bits per heavy atom. The molecular weight excluding hydrogens is 353 g/mol. The Bertz CT molecular complexity index is 838. The van der Waals surface area contributed by atoms with Crippen molar-refractivity contribution in [2.75, 3.05) is 0 Å². The lowest BCUT2D eigenvalue weighted by Gasteiger charge is -2.44. The molecule has 1 aliphatic rings. The van der Waals surface area contributed by atoms with Gasteiger partial charge in [0.15, 0.2) is 0 Å². The lowest BCUT2D eigenvalue weighted by Crippen LogP contribution is -2.55. The number of halogens is 2. The molecule has 1 amide bonds. The summed E-state index contributed by atoms with van der Waals surface area (Å²) in [6.07, 6.45) is -0.986. The maximum Gasteiger partial charge on any atom is 0.405 e. The Labute approximate surface area is 146 Å². The summed E-state index contributed by atoms with van der Waals surface area (Å²) in [5.41, 5.74) is 0.488. The fourth-order valence-electron chi connectivity index (χ4n) is 3.00. The first kappa shape index (κ1) is 17.1. The van der Waals surface area contributed by atoms with Crippen molar-refractivity contribution in [3.63, 3.8) is 0 Å². The van der Waals surface area contributed by atoms with Gasteiger partial charge in [-0.3, -0.25) is 10.1 Å². The molecule has 0 spiro atoms. The number of nitrogens with zero attached hydrogens (tertiary/aromatic N) is 2. The first-order valence-corrected chi connectivity index (χ1v) is 7.74. The average Bonchev–Trinajstić information content (AvgIpc) is 2.52. The molecule has 2 aromatic rings. The van der Waals surface area contributed by atoms with Crippen LogP contribution in [0.15, 0.2) is 36.5 Å². The largest absolute Gasteiger partial charge is 0.465 e. The molecule has 1 aliphatic carbocycles. The molecule has 0 atom stereocenters. The predicted octanol–water partition coefficient (Wildman–Crippen LogP) is 3.91. The summed E-state index contributed by atoms with van der Waals surface area (Å²) in [5, 5.41) is 22.2. The molecule has 1 fully saturated rings. The van der Waals surface area contributed by atoms with Crippen LogP contribution in [0.5, 0.6) is 0 Å². The summed E-state index contributed by atoms with van der Waals surface area (Å²) in [6.45, 7) is 0. The van der Waals surface area contributed by atoms with E-state index in [4.69, 9.17) is 16.7 Å². The molecule has 0 bridgehead atoms. The van der Waals surface area contributed by atoms with Gasteiger partial charge >= 0.3 is 6.09 Å². The van der Waals surface area contributed by atoms with Gasteiger partial charge in [-0.2, -0.15) is 0 Å². The van der Waals surface area contributed by atoms with E-state index in [9.17, 15) is 19.3 Å². The maximum absolute atomic E-state index is 13.3. The van der Waals surface area contributed by atoms with E-state index in [1.165, 1.54) is 6.07 Å². The Kier molecular flexibility index (Phi) is 4.30. The lowest BCUT2D eigenvalue weighted by molar-refractivity contribution is -0.385. The van der Waals surface area contributed by atoms with Crippen LogP contribution in [0.3, 0.4) is 0 Å². The minimum atomic E-state index is -1.21. The number of carbonyl (C=O) groups is 1. The Balaban J connectivity index is 1.90. The number of carboxylic acid groups (broad SMARTS) is 1. The number of hydrogen-bond donors (Lipinski definition) is 2. The number of nitrogens with one attached hydrogen (secondary N) is 1. The van der Waals surface area contributed by atoms with E-state index in [0.717, 1.165) is 6.20 Å². The molecule has 9 heteroatoms. The van der Waals surface area contributed by atoms with Crippen LogP contribution in [0.2, 0.25) is 5.02 Å². The van der Waals surface area contributed by atoms with Gasteiger partial charge in [0.2, 0.25) is 0 Å². The van der Waals surface area contributed by atoms with Crippen LogP contribution >= 0.6 is 11.6 Å². The van der Waals surface area contributed by atoms with Gasteiger partial charge in [-0.05, 0) is 5.56 Å². The van der Waals surface area contributed by atoms with Crippen LogP contribution in [0, 0.1) is 10.1 Å². The fraction of sp³-hybridized carbons (Fsp3) is 0.250. The summed E-state index contributed by atoms with van der Waals surface area (Å²) in [7, 11) is 0. The van der Waals surface area contributed by atoms with Crippen molar-refractivity contribution in [3.05, 3.63) is 57.2 Å². The molecule has 1 heterocycles. The molecule has 3 rings (SSSR count). The average molecular weight is 366 g/mol. The van der Waals surface area contributed by atoms with E-state index in [0.29, 0.717) is 16.8 Å². The molecule has 1 aromatic carbocycles. The number of benzene rings is 1. The topological polar surface area (TPSA) is 105 Å². The highest BCUT2D eigenvalue weighted by Crippen LogP contribution is 2.43. The van der Waals surface area contributed by atoms with Crippen LogP contribution in [-0.2, 0) is 5.54 Å². The summed E-state index contributed by atoms with van der Waals surface area (Å²) in [4.78, 5) is 25.1. The molecule has 1 saturated carbocycles. The van der Waals surface area contributed by atoms with E-state index in [-0.39, 0.29) is 23.6 Å². The minimum absolute atomic E-state index is 0.0786. The van der Waals surface area contributed by atoms with Gasteiger partial charge in [0.05, 0.1) is 21.2 Å². The summed E-state index contributed by atoms with van der Waals surface area (Å²) >= 11 is 6.06. The van der Waals surface area contributed by atoms with E-state index < -0.39 is 22.7 Å². The zero-order chi connectivity index (χ0) is 18.2. The van der Waals surface area contributed by atoms with Gasteiger partial charge in [-0.15, -0.1) is 0 Å². The maximum atomic E-state index is 13.3. The van der Waals surface area contributed by atoms with Crippen molar-refractivity contribution >= 4 is 23.4 Å². The van der Waals surface area contributed by atoms with Crippen LogP contribution in [0.25, 0.3) is 11.3 Å². The number of aromatic nitrogens is 1. The third kappa shape index (κ3) is 3.25. The zero-order valence-corrected chi connectivity index (χ0v) is 13.5. The SMILES string of the molecule is O=C(O)N[C@]1(c2ccc(-c3ncc([N+](=O)[O-])cc3Cl)cc2)C[C@@H](F)C1. The van der Waals surface area contributed by atoms with E-state index in [1.54, 1.807) is 24.3 Å². The van der Waals surface area contributed by atoms with Gasteiger partial charge in [0, 0.05) is 24.5 Å². The highest BCUT2D eigenvalue weighted by atomic mass is 35.5. The highest BCUT2D eigenvalue weighted by Gasteiger charge is 2.47. The quantitative estimate of drug-likeness (QED) is 0.631. The van der Waals surface area contributed by atoms with Crippen molar-refractivity contribution in [2.45, 2.75) is 24.6 Å². The molecule has 0 aliphatic heterocycles. The molecule has 2 N–H and O–H groups in total. The summed E-state index contributed by atoms with van der Waals surface area (Å²) < 4.78 is 13.3. The number of rotatable bonds is 4. The van der Waals surface area contributed by atoms with Gasteiger partial charge in [0.25, 0.3) is 5.69 Å². The van der Waals surface area contributed by atoms with E-state index in [2.05, 4.69) is 10.3 Å². The standard InChI is InChI=1S/C16H13ClFN3O4/c17-13-5-12(21(24)25)8-19-14(13)9-1-3-10(4-2-9)16(20-15(22)23)6-11(18)7-16/h1-5,8,11,20H,6-7H2,(H,22,23)/t11-,16-. The summed E-state index contributed by atoms with van der Waals surface area (Å²) in [5.74, 6) is 0. The molecule has 1 aromatic heterocycles. The highest BCUT2D eigenvalue weighted by molar-refractivity contribution is 6.33. The van der Waals surface area contributed by atoms with Crippen LogP contribution < -0.4 is 5.32 Å². The van der Waals surface area contributed by atoms with Crippen molar-refractivity contribution in [2.24, 2.45) is 0 Å². The van der Waals surface area contributed by atoms with Gasteiger partial charge in [-0.1, -0.05) is 35.9 Å². The van der Waals surface area contributed by atoms with Crippen molar-refractivity contribution < 1.29 is 19.2 Å². The van der Waals surface area contributed by atoms with Crippen LogP contribution in [0.1, 0.15) is 18.4 Å². The van der Waals surface area contributed by atoms with Crippen molar-refractivity contribution in [1.82, 2.24) is 10.3 Å². The first-order chi connectivity index (χ1) is 11.8. The predicted molar refractivity (Wildman–Crippen MR) is 88.3 cm³/mol. The molecule has 0 radical (unpaired) electrons. The van der Waals surface area contributed by atoms with Crippen molar-refractivity contribution in [3.8, 4) is 11.3 Å². The number of hydrogen-bond acceptors (Lipinski definition) is 4. The van der Waals surface area contributed by atoms with Crippen molar-refractivity contribution in [1.29, 1.82) is 0 Å². The van der Waals surface area contributed by atoms with Gasteiger partial charge in [0.1, 0.15) is 12.4 Å². The monoisotopic (exact) mass is 365 g/mol. The molecule has 25 heavy (non-hydrogen) atoms. The Morgan fingerprint density at radius 1 is 1.40 bits per heavy atom. The molecule has 0 saturated heterocycles. The first-order valence-electron chi connectivity index (χ1n) is 7.37. The Hall–Kier alpha value is -2.74. The second kappa shape index (κ2) is 6.29. The molecule has 130 valence electrons. The van der Waals surface area contributed by atoms with Gasteiger partial charge < -0.3 is 10.4 Å². The number of amides is 1. The van der Waals surface area contributed by atoms with Crippen LogP contribution in [-0.4, -0.2) is 27.3 Å². The fourth-order valence-corrected chi connectivity index (χ4v) is 3.27. The third-order valence-corrected chi connectivity index (χ3v) is 4.52. The lowest BCUT2D eigenvalue weighted by atomic mass is 9.70. The smallest absolute Gasteiger partial charge is 0.405 e. The number of nitro groups is 1. The number of pyridine rings is 1. The second-order valence-electron chi connectivity index (χ2n) is 5.88. The van der Waals surface area contributed by atoms with Crippen LogP contribution in [0.4, 0.5) is 14.9 Å². The van der Waals surface area contributed by atoms with E-state index >= 15 is 0 Å². The third-order valence-electron chi connectivity index (χ3n) is 4.23. The Morgan fingerprint density at radius 2 is 2.04 bits per heavy atom. The zero-order valence-electron chi connectivity index (χ0n) is 12.8. The van der Waals surface area contributed by atoms with E-state index in [1.807, 2.05) is 0 Å². The normalized spacial score (nSPS) is 22.1. The second-order valence-corrected chi connectivity index (χ2v) is 6.28. The van der Waals surface area contributed by atoms with Gasteiger partial charge in [-0.25, -0.2) is 14.2 Å². The molecule has 7 nitrogen and oxygen atoms in total. The minimum Gasteiger partial charge on any atom is -0.465 e. The molecule has 0 unspecified atom stereocenters.